The van der Waals surface area contributed by atoms with Gasteiger partial charge >= 0.3 is 12.4 Å². The summed E-state index contributed by atoms with van der Waals surface area (Å²) in [6, 6.07) is 0. The van der Waals surface area contributed by atoms with Gasteiger partial charge in [-0.1, -0.05) is 0 Å². The average molecular weight is 431 g/mol. The molecule has 1 unspecified atom stereocenters. The Balaban J connectivity index is 2.00. The maximum absolute atomic E-state index is 13.8. The highest BCUT2D eigenvalue weighted by Crippen LogP contribution is 2.61. The molecule has 2 fully saturated rings. The quantitative estimate of drug-likeness (QED) is 0.671. The first-order valence-electron chi connectivity index (χ1n) is 7.78. The summed E-state index contributed by atoms with van der Waals surface area (Å²) >= 11 is 5.14. The van der Waals surface area contributed by atoms with E-state index in [1.54, 1.807) is 13.8 Å². The first-order valence-corrected chi connectivity index (χ1v) is 10.3. The molecule has 152 valence electrons. The molecule has 1 aromatic heterocycles. The van der Waals surface area contributed by atoms with Crippen LogP contribution in [0.1, 0.15) is 20.1 Å². The maximum atomic E-state index is 13.8. The minimum absolute atomic E-state index is 0.428. The molecule has 0 amide bonds. The van der Waals surface area contributed by atoms with Gasteiger partial charge in [-0.25, -0.2) is 18.0 Å². The molecular formula is C13H17F3N3O6PS. The molecule has 5 atom stereocenters. The predicted molar refractivity (Wildman–Crippen MR) is 89.1 cm³/mol. The van der Waals surface area contributed by atoms with E-state index in [1.807, 2.05) is 0 Å². The summed E-state index contributed by atoms with van der Waals surface area (Å²) in [5.74, 6) is -1.76. The molecule has 2 aliphatic rings. The lowest BCUT2D eigenvalue weighted by Gasteiger charge is -2.41. The third-order valence-electron chi connectivity index (χ3n) is 4.03. The number of ether oxygens (including phenoxy) is 1. The van der Waals surface area contributed by atoms with Gasteiger partial charge in [0, 0.05) is 0 Å². The minimum Gasteiger partial charge on any atom is -0.386 e. The smallest absolute Gasteiger partial charge is 0.351 e. The van der Waals surface area contributed by atoms with Crippen LogP contribution in [0, 0.1) is 5.82 Å². The zero-order chi connectivity index (χ0) is 20.1. The van der Waals surface area contributed by atoms with E-state index in [0.29, 0.717) is 10.8 Å². The minimum atomic E-state index is -3.44. The van der Waals surface area contributed by atoms with Gasteiger partial charge in [0.05, 0.1) is 18.9 Å². The van der Waals surface area contributed by atoms with Crippen LogP contribution in [-0.2, 0) is 30.1 Å². The number of nitrogens with two attached hydrogens (primary N) is 1. The van der Waals surface area contributed by atoms with Gasteiger partial charge in [-0.2, -0.15) is 4.98 Å². The second-order valence-electron chi connectivity index (χ2n) is 6.32. The van der Waals surface area contributed by atoms with Crippen LogP contribution in [0.2, 0.25) is 0 Å². The van der Waals surface area contributed by atoms with E-state index in [9.17, 15) is 23.1 Å². The molecule has 2 aliphatic heterocycles. The van der Waals surface area contributed by atoms with Crippen molar-refractivity contribution in [3.05, 3.63) is 22.5 Å². The molecule has 0 aromatic carbocycles. The third kappa shape index (κ3) is 3.53. The van der Waals surface area contributed by atoms with Crippen LogP contribution in [0.25, 0.3) is 0 Å². The van der Waals surface area contributed by atoms with Crippen LogP contribution in [0.3, 0.4) is 0 Å². The number of hydrogen-bond donors (Lipinski definition) is 2. The van der Waals surface area contributed by atoms with Crippen LogP contribution in [0.5, 0.6) is 0 Å². The first-order chi connectivity index (χ1) is 12.5. The Bertz CT molecular complexity index is 842. The number of anilines is 1. The normalized spacial score (nSPS) is 36.4. The van der Waals surface area contributed by atoms with Crippen molar-refractivity contribution in [3.8, 4) is 0 Å². The van der Waals surface area contributed by atoms with Gasteiger partial charge in [0.1, 0.15) is 12.2 Å². The second kappa shape index (κ2) is 7.07. The summed E-state index contributed by atoms with van der Waals surface area (Å²) in [6.45, 7) is -0.904. The zero-order valence-corrected chi connectivity index (χ0v) is 15.8. The fourth-order valence-electron chi connectivity index (χ4n) is 2.83. The van der Waals surface area contributed by atoms with E-state index in [4.69, 9.17) is 35.8 Å². The van der Waals surface area contributed by atoms with Gasteiger partial charge in [0.25, 0.3) is 6.43 Å². The molecule has 3 rings (SSSR count). The lowest BCUT2D eigenvalue weighted by atomic mass is 9.96. The van der Waals surface area contributed by atoms with Crippen molar-refractivity contribution in [2.24, 2.45) is 0 Å². The first kappa shape index (κ1) is 20.6. The Morgan fingerprint density at radius 2 is 2.22 bits per heavy atom. The number of halogens is 3. The Hall–Kier alpha value is -1.08. The summed E-state index contributed by atoms with van der Waals surface area (Å²) < 4.78 is 63.2. The number of nitrogens with zero attached hydrogens (tertiary/aromatic N) is 2. The third-order valence-corrected chi connectivity index (χ3v) is 6.48. The highest BCUT2D eigenvalue weighted by molar-refractivity contribution is 8.07. The molecule has 0 aliphatic carbocycles. The molecular weight excluding hydrogens is 414 g/mol. The van der Waals surface area contributed by atoms with E-state index in [-0.39, 0.29) is 0 Å². The Morgan fingerprint density at radius 3 is 2.81 bits per heavy atom. The molecule has 27 heavy (non-hydrogen) atoms. The van der Waals surface area contributed by atoms with Gasteiger partial charge in [-0.05, 0) is 25.7 Å². The Kier molecular flexibility index (Phi) is 5.40. The topological polar surface area (TPSA) is 118 Å². The fourth-order valence-corrected chi connectivity index (χ4v) is 5.41. The monoisotopic (exact) mass is 431 g/mol. The van der Waals surface area contributed by atoms with Gasteiger partial charge in [0.2, 0.25) is 0 Å². The highest BCUT2D eigenvalue weighted by Gasteiger charge is 2.66. The number of aromatic nitrogens is 2. The predicted octanol–water partition coefficient (Wildman–Crippen LogP) is 0.923. The summed E-state index contributed by atoms with van der Waals surface area (Å²) in [5.41, 5.74) is 1.68. The van der Waals surface area contributed by atoms with Crippen molar-refractivity contribution in [3.63, 3.8) is 0 Å². The van der Waals surface area contributed by atoms with Crippen molar-refractivity contribution >= 4 is 24.3 Å². The largest absolute Gasteiger partial charge is 0.386 e. The summed E-state index contributed by atoms with van der Waals surface area (Å²) in [6.07, 6.45) is -8.19. The van der Waals surface area contributed by atoms with Crippen LogP contribution < -0.4 is 11.4 Å². The van der Waals surface area contributed by atoms with Crippen molar-refractivity contribution in [2.45, 2.75) is 50.4 Å². The molecule has 2 saturated heterocycles. The Labute approximate surface area is 156 Å². The maximum Gasteiger partial charge on any atom is 0.351 e. The number of nitrogen functional groups attached to an aromatic ring is 1. The Morgan fingerprint density at radius 1 is 1.56 bits per heavy atom. The number of rotatable bonds is 4. The fraction of sp³-hybridized carbons (Fsp3) is 0.692. The standard InChI is InChI=1S/C13H17F3N3O6PS/c1-5(2)24-26(27)22-4-13(11(15)16)8(25-26)7(20)10(23-13)19-3-6(14)9(17)18-12(19)21/h3,5,7-8,10-11,20H,4H2,1-2H3,(H2,17,18,21)/t7-,8+,10-,13-,26?/m1/s1. The van der Waals surface area contributed by atoms with Crippen LogP contribution >= 0.6 is 6.72 Å². The summed E-state index contributed by atoms with van der Waals surface area (Å²) in [5, 5.41) is 10.5. The number of aliphatic hydroxyl groups excluding tert-OH is 1. The number of alkyl halides is 2. The van der Waals surface area contributed by atoms with E-state index in [0.717, 1.165) is 0 Å². The lowest BCUT2D eigenvalue weighted by Crippen LogP contribution is -2.56. The van der Waals surface area contributed by atoms with Crippen molar-refractivity contribution in [1.29, 1.82) is 0 Å². The number of fused-ring (bicyclic) bond motifs is 1. The van der Waals surface area contributed by atoms with E-state index in [2.05, 4.69) is 4.98 Å². The summed E-state index contributed by atoms with van der Waals surface area (Å²) in [4.78, 5) is 15.2. The van der Waals surface area contributed by atoms with Crippen LogP contribution in [-0.4, -0.2) is 51.6 Å². The molecule has 0 radical (unpaired) electrons. The van der Waals surface area contributed by atoms with E-state index >= 15 is 0 Å². The molecule has 3 heterocycles. The van der Waals surface area contributed by atoms with Crippen molar-refractivity contribution in [2.75, 3.05) is 12.3 Å². The zero-order valence-electron chi connectivity index (χ0n) is 14.1. The molecule has 3 N–H and O–H groups in total. The van der Waals surface area contributed by atoms with E-state index < -0.39 is 67.2 Å². The molecule has 0 saturated carbocycles. The number of aliphatic hydroxyl groups is 1. The molecule has 1 aromatic rings. The van der Waals surface area contributed by atoms with Gasteiger partial charge < -0.3 is 24.6 Å². The van der Waals surface area contributed by atoms with Gasteiger partial charge in [-0.15, -0.1) is 0 Å². The molecule has 14 heteroatoms. The van der Waals surface area contributed by atoms with E-state index in [1.165, 1.54) is 0 Å². The second-order valence-corrected chi connectivity index (χ2v) is 9.24. The number of hydrogen-bond acceptors (Lipinski definition) is 9. The highest BCUT2D eigenvalue weighted by atomic mass is 32.5. The van der Waals surface area contributed by atoms with Crippen LogP contribution in [0.4, 0.5) is 19.0 Å². The van der Waals surface area contributed by atoms with Gasteiger partial charge in [-0.3, -0.25) is 9.09 Å². The van der Waals surface area contributed by atoms with Crippen LogP contribution in [0.15, 0.2) is 11.0 Å². The van der Waals surface area contributed by atoms with Crippen molar-refractivity contribution in [1.82, 2.24) is 9.55 Å². The SMILES string of the molecule is CC(C)OP1(=S)OC[C@@]2(C(F)F)O[C@@H](n3cc(F)c(N)nc3=O)[C@H](O)[C@@H]2O1. The van der Waals surface area contributed by atoms with Gasteiger partial charge in [0.15, 0.2) is 23.5 Å². The molecule has 0 bridgehead atoms. The van der Waals surface area contributed by atoms with Crippen molar-refractivity contribution < 1.29 is 36.6 Å². The average Bonchev–Trinajstić information content (AvgIpc) is 2.84. The lowest BCUT2D eigenvalue weighted by molar-refractivity contribution is -0.204. The summed E-state index contributed by atoms with van der Waals surface area (Å²) in [7, 11) is 0. The molecule has 9 nitrogen and oxygen atoms in total. The molecule has 0 spiro atoms.